The first-order chi connectivity index (χ1) is 6.18. The molecule has 74 valence electrons. The predicted molar refractivity (Wildman–Crippen MR) is 51.3 cm³/mol. The lowest BCUT2D eigenvalue weighted by molar-refractivity contribution is 0.118. The summed E-state index contributed by atoms with van der Waals surface area (Å²) in [7, 11) is 0. The zero-order valence-corrected chi connectivity index (χ0v) is 8.30. The van der Waals surface area contributed by atoms with Crippen molar-refractivity contribution < 1.29 is 9.53 Å². The molecule has 13 heavy (non-hydrogen) atoms. The molecule has 0 radical (unpaired) electrons. The standard InChI is InChI=1S/C10H17NO2/c1-8(2)13-10(12)11-9-6-4-3-5-7-9/h6,8H,3-5,7H2,1-2H3,(H,11,12). The van der Waals surface area contributed by atoms with Gasteiger partial charge in [0.15, 0.2) is 0 Å². The maximum atomic E-state index is 11.1. The van der Waals surface area contributed by atoms with Crippen LogP contribution >= 0.6 is 0 Å². The van der Waals surface area contributed by atoms with Crippen molar-refractivity contribution in [3.8, 4) is 0 Å². The Bertz CT molecular complexity index is 209. The minimum absolute atomic E-state index is 0.0517. The fraction of sp³-hybridized carbons (Fsp3) is 0.700. The van der Waals surface area contributed by atoms with E-state index in [1.54, 1.807) is 0 Å². The Kier molecular flexibility index (Phi) is 3.80. The Labute approximate surface area is 79.2 Å². The van der Waals surface area contributed by atoms with Gasteiger partial charge in [0.1, 0.15) is 0 Å². The molecule has 0 aliphatic heterocycles. The van der Waals surface area contributed by atoms with E-state index in [0.29, 0.717) is 0 Å². The van der Waals surface area contributed by atoms with E-state index in [4.69, 9.17) is 4.74 Å². The maximum Gasteiger partial charge on any atom is 0.411 e. The molecule has 0 fully saturated rings. The highest BCUT2D eigenvalue weighted by Gasteiger charge is 2.09. The molecule has 1 aliphatic rings. The van der Waals surface area contributed by atoms with Crippen LogP contribution in [0.2, 0.25) is 0 Å². The van der Waals surface area contributed by atoms with E-state index >= 15 is 0 Å². The molecule has 0 heterocycles. The van der Waals surface area contributed by atoms with Gasteiger partial charge >= 0.3 is 6.09 Å². The van der Waals surface area contributed by atoms with Gasteiger partial charge in [0.05, 0.1) is 6.10 Å². The fourth-order valence-corrected chi connectivity index (χ4v) is 1.33. The van der Waals surface area contributed by atoms with E-state index < -0.39 is 0 Å². The predicted octanol–water partition coefficient (Wildman–Crippen LogP) is 2.58. The Morgan fingerprint density at radius 3 is 2.85 bits per heavy atom. The molecular weight excluding hydrogens is 166 g/mol. The van der Waals surface area contributed by atoms with Gasteiger partial charge in [-0.25, -0.2) is 4.79 Å². The highest BCUT2D eigenvalue weighted by molar-refractivity contribution is 5.69. The molecule has 1 aliphatic carbocycles. The molecule has 0 aromatic rings. The summed E-state index contributed by atoms with van der Waals surface area (Å²) in [5.41, 5.74) is 1.01. The minimum Gasteiger partial charge on any atom is -0.447 e. The van der Waals surface area contributed by atoms with E-state index in [1.807, 2.05) is 13.8 Å². The molecule has 0 saturated heterocycles. The summed E-state index contributed by atoms with van der Waals surface area (Å²) >= 11 is 0. The Hall–Kier alpha value is -0.990. The van der Waals surface area contributed by atoms with E-state index in [9.17, 15) is 4.79 Å². The van der Waals surface area contributed by atoms with Crippen LogP contribution in [0.1, 0.15) is 39.5 Å². The number of nitrogens with one attached hydrogen (secondary N) is 1. The van der Waals surface area contributed by atoms with Crippen LogP contribution in [-0.4, -0.2) is 12.2 Å². The Morgan fingerprint density at radius 2 is 2.31 bits per heavy atom. The number of carbonyl (C=O) groups excluding carboxylic acids is 1. The first-order valence-corrected chi connectivity index (χ1v) is 4.85. The van der Waals surface area contributed by atoms with Crippen LogP contribution in [0.15, 0.2) is 11.8 Å². The lowest BCUT2D eigenvalue weighted by Gasteiger charge is -2.15. The van der Waals surface area contributed by atoms with Gasteiger partial charge in [-0.15, -0.1) is 0 Å². The van der Waals surface area contributed by atoms with Crippen molar-refractivity contribution in [2.75, 3.05) is 0 Å². The van der Waals surface area contributed by atoms with Gasteiger partial charge in [-0.2, -0.15) is 0 Å². The highest BCUT2D eigenvalue weighted by Crippen LogP contribution is 2.14. The molecule has 0 spiro atoms. The molecule has 0 aromatic carbocycles. The Balaban J connectivity index is 2.30. The number of allylic oxidation sites excluding steroid dienone is 2. The summed E-state index contributed by atoms with van der Waals surface area (Å²) in [4.78, 5) is 11.1. The summed E-state index contributed by atoms with van der Waals surface area (Å²) in [6.07, 6.45) is 6.11. The summed E-state index contributed by atoms with van der Waals surface area (Å²) < 4.78 is 4.96. The van der Waals surface area contributed by atoms with E-state index in [0.717, 1.165) is 25.0 Å². The maximum absolute atomic E-state index is 11.1. The van der Waals surface area contributed by atoms with Crippen LogP contribution in [0.4, 0.5) is 4.79 Å². The highest BCUT2D eigenvalue weighted by atomic mass is 16.6. The second-order valence-corrected chi connectivity index (χ2v) is 3.55. The molecule has 1 amide bonds. The lowest BCUT2D eigenvalue weighted by atomic mass is 10.1. The monoisotopic (exact) mass is 183 g/mol. The van der Waals surface area contributed by atoms with Crippen LogP contribution in [0.5, 0.6) is 0 Å². The number of rotatable bonds is 2. The van der Waals surface area contributed by atoms with Crippen molar-refractivity contribution in [1.82, 2.24) is 5.32 Å². The summed E-state index contributed by atoms with van der Waals surface area (Å²) in [5, 5.41) is 2.75. The number of carbonyl (C=O) groups is 1. The third-order valence-electron chi connectivity index (χ3n) is 1.90. The van der Waals surface area contributed by atoms with Gasteiger partial charge in [-0.05, 0) is 39.5 Å². The first kappa shape index (κ1) is 10.1. The van der Waals surface area contributed by atoms with Crippen LogP contribution < -0.4 is 5.32 Å². The SMILES string of the molecule is CC(C)OC(=O)NC1=CCCCC1. The molecule has 0 unspecified atom stereocenters. The van der Waals surface area contributed by atoms with Crippen LogP contribution in [-0.2, 0) is 4.74 Å². The normalized spacial score (nSPS) is 16.7. The topological polar surface area (TPSA) is 38.3 Å². The van der Waals surface area contributed by atoms with Crippen molar-refractivity contribution >= 4 is 6.09 Å². The van der Waals surface area contributed by atoms with Crippen molar-refractivity contribution in [3.05, 3.63) is 11.8 Å². The third-order valence-corrected chi connectivity index (χ3v) is 1.90. The molecule has 3 nitrogen and oxygen atoms in total. The second kappa shape index (κ2) is 4.90. The zero-order valence-electron chi connectivity index (χ0n) is 8.30. The smallest absolute Gasteiger partial charge is 0.411 e. The molecule has 0 bridgehead atoms. The number of hydrogen-bond donors (Lipinski definition) is 1. The number of amides is 1. The van der Waals surface area contributed by atoms with Gasteiger partial charge in [-0.3, -0.25) is 5.32 Å². The first-order valence-electron chi connectivity index (χ1n) is 4.85. The largest absolute Gasteiger partial charge is 0.447 e. The summed E-state index contributed by atoms with van der Waals surface area (Å²) in [6.45, 7) is 3.68. The molecule has 0 aromatic heterocycles. The van der Waals surface area contributed by atoms with Gasteiger partial charge in [-0.1, -0.05) is 6.08 Å². The van der Waals surface area contributed by atoms with Crippen molar-refractivity contribution in [1.29, 1.82) is 0 Å². The molecule has 3 heteroatoms. The lowest BCUT2D eigenvalue weighted by Crippen LogP contribution is -2.26. The van der Waals surface area contributed by atoms with Gasteiger partial charge in [0, 0.05) is 5.70 Å². The zero-order chi connectivity index (χ0) is 9.68. The average molecular weight is 183 g/mol. The van der Waals surface area contributed by atoms with Crippen LogP contribution in [0.25, 0.3) is 0 Å². The third kappa shape index (κ3) is 3.97. The van der Waals surface area contributed by atoms with Crippen molar-refractivity contribution in [3.63, 3.8) is 0 Å². The quantitative estimate of drug-likeness (QED) is 0.714. The summed E-state index contributed by atoms with van der Waals surface area (Å²) in [6, 6.07) is 0. The van der Waals surface area contributed by atoms with E-state index in [1.165, 1.54) is 6.42 Å². The number of hydrogen-bond acceptors (Lipinski definition) is 2. The second-order valence-electron chi connectivity index (χ2n) is 3.55. The molecule has 0 saturated carbocycles. The van der Waals surface area contributed by atoms with Crippen molar-refractivity contribution in [2.24, 2.45) is 0 Å². The molecule has 1 rings (SSSR count). The van der Waals surface area contributed by atoms with Gasteiger partial charge in [0.25, 0.3) is 0 Å². The van der Waals surface area contributed by atoms with E-state index in [-0.39, 0.29) is 12.2 Å². The molecule has 1 N–H and O–H groups in total. The van der Waals surface area contributed by atoms with Gasteiger partial charge in [0.2, 0.25) is 0 Å². The van der Waals surface area contributed by atoms with Crippen LogP contribution in [0.3, 0.4) is 0 Å². The van der Waals surface area contributed by atoms with Gasteiger partial charge < -0.3 is 4.74 Å². The average Bonchev–Trinajstić information content (AvgIpc) is 2.04. The number of alkyl carbamates (subject to hydrolysis) is 1. The number of ether oxygens (including phenoxy) is 1. The fourth-order valence-electron chi connectivity index (χ4n) is 1.33. The minimum atomic E-state index is -0.330. The molecular formula is C10H17NO2. The van der Waals surface area contributed by atoms with Crippen LogP contribution in [0, 0.1) is 0 Å². The Morgan fingerprint density at radius 1 is 1.54 bits per heavy atom. The van der Waals surface area contributed by atoms with Crippen molar-refractivity contribution in [2.45, 2.75) is 45.6 Å². The van der Waals surface area contributed by atoms with E-state index in [2.05, 4.69) is 11.4 Å². The summed E-state index contributed by atoms with van der Waals surface area (Å²) in [5.74, 6) is 0. The molecule has 0 atom stereocenters.